The van der Waals surface area contributed by atoms with E-state index in [9.17, 15) is 14.7 Å². The van der Waals surface area contributed by atoms with Crippen molar-refractivity contribution in [3.63, 3.8) is 0 Å². The van der Waals surface area contributed by atoms with Gasteiger partial charge in [-0.25, -0.2) is 4.98 Å². The molecule has 41 heavy (non-hydrogen) atoms. The first-order chi connectivity index (χ1) is 19.7. The minimum Gasteiger partial charge on any atom is -0.388 e. The van der Waals surface area contributed by atoms with Crippen LogP contribution in [0, 0.1) is 0 Å². The van der Waals surface area contributed by atoms with Crippen LogP contribution in [0.15, 0.2) is 65.7 Å². The summed E-state index contributed by atoms with van der Waals surface area (Å²) in [5.41, 5.74) is 1.34. The molecule has 2 atom stereocenters. The average molecular weight is 597 g/mol. The van der Waals surface area contributed by atoms with Crippen molar-refractivity contribution in [2.45, 2.75) is 44.1 Å². The number of carbonyl (C=O) groups excluding carboxylic acids is 1. The summed E-state index contributed by atoms with van der Waals surface area (Å²) in [4.78, 5) is 32.6. The normalized spacial score (nSPS) is 20.8. The summed E-state index contributed by atoms with van der Waals surface area (Å²) in [6.45, 7) is 4.22. The SMILES string of the molecule is C[C@H]1CN[C@H](c2ccc(-n3c(Cl)cc4c(=O)n(CC5(O)CCN(C(=O)c6ccccc6Cl)CC5)cnc43)cc2)CO1. The molecule has 2 aromatic carbocycles. The zero-order valence-electron chi connectivity index (χ0n) is 22.6. The second-order valence-electron chi connectivity index (χ2n) is 10.9. The number of benzene rings is 2. The Morgan fingerprint density at radius 3 is 2.56 bits per heavy atom. The number of ether oxygens (including phenoxy) is 1. The van der Waals surface area contributed by atoms with Crippen LogP contribution in [0.5, 0.6) is 0 Å². The number of nitrogens with zero attached hydrogens (tertiary/aromatic N) is 4. The van der Waals surface area contributed by atoms with Crippen LogP contribution in [-0.2, 0) is 11.3 Å². The molecule has 2 fully saturated rings. The first-order valence-electron chi connectivity index (χ1n) is 13.7. The fourth-order valence-corrected chi connectivity index (χ4v) is 6.11. The molecule has 214 valence electrons. The number of piperidine rings is 1. The van der Waals surface area contributed by atoms with Crippen LogP contribution < -0.4 is 10.9 Å². The van der Waals surface area contributed by atoms with Crippen LogP contribution in [0.4, 0.5) is 0 Å². The van der Waals surface area contributed by atoms with E-state index in [0.717, 1.165) is 17.8 Å². The molecule has 11 heteroatoms. The van der Waals surface area contributed by atoms with E-state index in [1.807, 2.05) is 31.2 Å². The van der Waals surface area contributed by atoms with Crippen molar-refractivity contribution < 1.29 is 14.6 Å². The molecule has 2 aliphatic rings. The molecule has 0 unspecified atom stereocenters. The Labute approximate surface area is 247 Å². The quantitative estimate of drug-likeness (QED) is 0.358. The molecule has 4 heterocycles. The highest BCUT2D eigenvalue weighted by molar-refractivity contribution is 6.33. The molecule has 0 aliphatic carbocycles. The Kier molecular flexibility index (Phi) is 7.65. The second-order valence-corrected chi connectivity index (χ2v) is 11.7. The predicted molar refractivity (Wildman–Crippen MR) is 158 cm³/mol. The van der Waals surface area contributed by atoms with Gasteiger partial charge in [0.2, 0.25) is 0 Å². The van der Waals surface area contributed by atoms with E-state index >= 15 is 0 Å². The van der Waals surface area contributed by atoms with E-state index in [1.165, 1.54) is 10.9 Å². The number of aromatic nitrogens is 3. The monoisotopic (exact) mass is 595 g/mol. The Balaban J connectivity index is 1.18. The lowest BCUT2D eigenvalue weighted by Gasteiger charge is -2.38. The van der Waals surface area contributed by atoms with E-state index in [-0.39, 0.29) is 30.2 Å². The largest absolute Gasteiger partial charge is 0.388 e. The number of carbonyl (C=O) groups is 1. The molecule has 9 nitrogen and oxygen atoms in total. The number of amides is 1. The molecule has 1 amide bonds. The van der Waals surface area contributed by atoms with E-state index in [4.69, 9.17) is 27.9 Å². The highest BCUT2D eigenvalue weighted by Crippen LogP contribution is 2.29. The maximum absolute atomic E-state index is 13.5. The minimum atomic E-state index is -1.16. The van der Waals surface area contributed by atoms with Crippen molar-refractivity contribution in [2.24, 2.45) is 0 Å². The molecule has 2 aliphatic heterocycles. The van der Waals surface area contributed by atoms with Crippen molar-refractivity contribution in [3.05, 3.63) is 92.6 Å². The van der Waals surface area contributed by atoms with Crippen LogP contribution >= 0.6 is 23.2 Å². The van der Waals surface area contributed by atoms with Crippen molar-refractivity contribution in [3.8, 4) is 5.69 Å². The number of hydrogen-bond donors (Lipinski definition) is 2. The van der Waals surface area contributed by atoms with Gasteiger partial charge in [-0.1, -0.05) is 47.5 Å². The van der Waals surface area contributed by atoms with E-state index in [2.05, 4.69) is 10.3 Å². The highest BCUT2D eigenvalue weighted by Gasteiger charge is 2.35. The van der Waals surface area contributed by atoms with Gasteiger partial charge in [0.05, 0.1) is 46.9 Å². The number of morpholine rings is 1. The van der Waals surface area contributed by atoms with E-state index in [0.29, 0.717) is 59.3 Å². The highest BCUT2D eigenvalue weighted by atomic mass is 35.5. The summed E-state index contributed by atoms with van der Waals surface area (Å²) >= 11 is 12.8. The summed E-state index contributed by atoms with van der Waals surface area (Å²) in [5.74, 6) is -0.167. The van der Waals surface area contributed by atoms with Gasteiger partial charge in [-0.15, -0.1) is 0 Å². The van der Waals surface area contributed by atoms with Gasteiger partial charge in [0.1, 0.15) is 11.5 Å². The molecule has 2 aromatic heterocycles. The third-order valence-corrected chi connectivity index (χ3v) is 8.65. The first kappa shape index (κ1) is 27.9. The van der Waals surface area contributed by atoms with Crippen LogP contribution in [0.1, 0.15) is 41.7 Å². The number of rotatable bonds is 5. The molecule has 2 N–H and O–H groups in total. The third kappa shape index (κ3) is 5.52. The molecule has 0 radical (unpaired) electrons. The summed E-state index contributed by atoms with van der Waals surface area (Å²) in [7, 11) is 0. The van der Waals surface area contributed by atoms with Crippen molar-refractivity contribution in [2.75, 3.05) is 26.2 Å². The molecule has 0 saturated carbocycles. The number of nitrogens with one attached hydrogen (secondary N) is 1. The van der Waals surface area contributed by atoms with E-state index < -0.39 is 5.60 Å². The lowest BCUT2D eigenvalue weighted by Crippen LogP contribution is -2.49. The average Bonchev–Trinajstić information content (AvgIpc) is 3.32. The zero-order valence-corrected chi connectivity index (χ0v) is 24.1. The molecule has 0 spiro atoms. The van der Waals surface area contributed by atoms with Crippen molar-refractivity contribution in [1.29, 1.82) is 0 Å². The van der Waals surface area contributed by atoms with Gasteiger partial charge >= 0.3 is 0 Å². The number of likely N-dealkylation sites (tertiary alicyclic amines) is 1. The van der Waals surface area contributed by atoms with Gasteiger partial charge in [-0.2, -0.15) is 0 Å². The number of aliphatic hydroxyl groups is 1. The van der Waals surface area contributed by atoms with Gasteiger partial charge in [0.15, 0.2) is 5.65 Å². The molecule has 6 rings (SSSR count). The number of hydrogen-bond acceptors (Lipinski definition) is 6. The Morgan fingerprint density at radius 1 is 1.15 bits per heavy atom. The summed E-state index contributed by atoms with van der Waals surface area (Å²) in [6, 6.07) is 16.6. The Hall–Kier alpha value is -3.21. The lowest BCUT2D eigenvalue weighted by molar-refractivity contribution is -0.0299. The molecular formula is C30H31Cl2N5O4. The standard InChI is InChI=1S/C30H31Cl2N5O4/c1-19-15-33-25(16-41-19)20-6-8-21(9-7-20)37-26(32)14-23-27(37)34-18-36(29(23)39)17-30(40)10-12-35(13-11-30)28(38)22-4-2-3-5-24(22)31/h2-9,14,18-19,25,33,40H,10-13,15-17H2,1H3/t19-,25-/m0/s1. The van der Waals surface area contributed by atoms with Crippen LogP contribution in [0.2, 0.25) is 10.2 Å². The van der Waals surface area contributed by atoms with Crippen molar-refractivity contribution in [1.82, 2.24) is 24.3 Å². The Morgan fingerprint density at radius 2 is 1.88 bits per heavy atom. The van der Waals surface area contributed by atoms with Gasteiger partial charge in [0.25, 0.3) is 11.5 Å². The smallest absolute Gasteiger partial charge is 0.262 e. The molecular weight excluding hydrogens is 565 g/mol. The van der Waals surface area contributed by atoms with Gasteiger partial charge < -0.3 is 20.1 Å². The number of halogens is 2. The van der Waals surface area contributed by atoms with Crippen LogP contribution in [-0.4, -0.2) is 68.0 Å². The lowest BCUT2D eigenvalue weighted by atomic mass is 9.91. The topological polar surface area (TPSA) is 102 Å². The van der Waals surface area contributed by atoms with Crippen molar-refractivity contribution >= 4 is 40.1 Å². The van der Waals surface area contributed by atoms with Crippen LogP contribution in [0.3, 0.4) is 0 Å². The molecule has 4 aromatic rings. The van der Waals surface area contributed by atoms with Crippen LogP contribution in [0.25, 0.3) is 16.7 Å². The third-order valence-electron chi connectivity index (χ3n) is 8.04. The van der Waals surface area contributed by atoms with Gasteiger partial charge in [-0.3, -0.25) is 18.7 Å². The maximum atomic E-state index is 13.5. The molecule has 0 bridgehead atoms. The summed E-state index contributed by atoms with van der Waals surface area (Å²) in [5, 5.41) is 16.0. The number of fused-ring (bicyclic) bond motifs is 1. The second kappa shape index (κ2) is 11.2. The fourth-order valence-electron chi connectivity index (χ4n) is 5.61. The minimum absolute atomic E-state index is 0.0649. The maximum Gasteiger partial charge on any atom is 0.262 e. The van der Waals surface area contributed by atoms with E-state index in [1.54, 1.807) is 39.8 Å². The fraction of sp³-hybridized carbons (Fsp3) is 0.367. The first-order valence-corrected chi connectivity index (χ1v) is 14.5. The zero-order chi connectivity index (χ0) is 28.7. The summed E-state index contributed by atoms with van der Waals surface area (Å²) < 4.78 is 8.94. The molecule has 2 saturated heterocycles. The summed E-state index contributed by atoms with van der Waals surface area (Å²) in [6.07, 6.45) is 2.29. The predicted octanol–water partition coefficient (Wildman–Crippen LogP) is 4.21. The van der Waals surface area contributed by atoms with Gasteiger partial charge in [0, 0.05) is 25.3 Å². The van der Waals surface area contributed by atoms with Gasteiger partial charge in [-0.05, 0) is 55.7 Å². The Bertz CT molecular complexity index is 1640.